The van der Waals surface area contributed by atoms with Gasteiger partial charge in [-0.15, -0.1) is 0 Å². The van der Waals surface area contributed by atoms with Crippen LogP contribution in [0.2, 0.25) is 0 Å². The van der Waals surface area contributed by atoms with Crippen LogP contribution in [-0.4, -0.2) is 12.2 Å². The molecular formula is C7H8N2O2. The molecule has 1 rings (SSSR count). The van der Waals surface area contributed by atoms with Crippen molar-refractivity contribution in [2.75, 3.05) is 0 Å². The summed E-state index contributed by atoms with van der Waals surface area (Å²) in [4.78, 5) is 14.2. The van der Waals surface area contributed by atoms with Crippen molar-refractivity contribution in [2.45, 2.75) is 6.92 Å². The van der Waals surface area contributed by atoms with Crippen molar-refractivity contribution in [3.63, 3.8) is 0 Å². The van der Waals surface area contributed by atoms with Crippen LogP contribution in [0, 0.1) is 0 Å². The topological polar surface area (TPSA) is 50.7 Å². The summed E-state index contributed by atoms with van der Waals surface area (Å²) in [5.41, 5.74) is 0. The molecule has 4 heteroatoms. The van der Waals surface area contributed by atoms with Crippen molar-refractivity contribution in [3.8, 4) is 0 Å². The fourth-order valence-corrected chi connectivity index (χ4v) is 0.582. The van der Waals surface area contributed by atoms with Gasteiger partial charge in [0.1, 0.15) is 0 Å². The van der Waals surface area contributed by atoms with Gasteiger partial charge in [0.25, 0.3) is 0 Å². The summed E-state index contributed by atoms with van der Waals surface area (Å²) in [6.07, 6.45) is 6.35. The summed E-state index contributed by atoms with van der Waals surface area (Å²) in [5, 5.41) is 2.73. The van der Waals surface area contributed by atoms with Crippen LogP contribution in [0.15, 0.2) is 29.4 Å². The van der Waals surface area contributed by atoms with Gasteiger partial charge in [0.15, 0.2) is 0 Å². The predicted octanol–water partition coefficient (Wildman–Crippen LogP) is 0.536. The molecule has 0 aromatic heterocycles. The lowest BCUT2D eigenvalue weighted by Gasteiger charge is -2.02. The Balaban J connectivity index is 2.57. The molecule has 0 spiro atoms. The van der Waals surface area contributed by atoms with Gasteiger partial charge in [0.2, 0.25) is 5.88 Å². The van der Waals surface area contributed by atoms with E-state index in [1.54, 1.807) is 18.5 Å². The fraction of sp³-hybridized carbons (Fsp3) is 0.143. The zero-order chi connectivity index (χ0) is 8.10. The molecule has 1 aliphatic heterocycles. The second-order valence-corrected chi connectivity index (χ2v) is 1.89. The number of nitrogens with zero attached hydrogens (tertiary/aromatic N) is 1. The third-order valence-electron chi connectivity index (χ3n) is 0.939. The van der Waals surface area contributed by atoms with Gasteiger partial charge in [-0.05, 0) is 6.08 Å². The van der Waals surface area contributed by atoms with Gasteiger partial charge < -0.3 is 10.1 Å². The molecule has 0 atom stereocenters. The van der Waals surface area contributed by atoms with E-state index in [1.165, 1.54) is 13.1 Å². The van der Waals surface area contributed by atoms with E-state index in [-0.39, 0.29) is 5.97 Å². The van der Waals surface area contributed by atoms with Crippen LogP contribution in [0.3, 0.4) is 0 Å². The number of nitrogens with one attached hydrogen (secondary N) is 1. The molecule has 0 saturated carbocycles. The highest BCUT2D eigenvalue weighted by Crippen LogP contribution is 1.95. The Kier molecular flexibility index (Phi) is 2.43. The second kappa shape index (κ2) is 3.55. The SMILES string of the molecule is CC(=O)OC1=CN=CC=CN1. The minimum atomic E-state index is -0.366. The monoisotopic (exact) mass is 152 g/mol. The van der Waals surface area contributed by atoms with Gasteiger partial charge in [0, 0.05) is 19.3 Å². The predicted molar refractivity (Wildman–Crippen MR) is 40.6 cm³/mol. The third kappa shape index (κ3) is 2.66. The lowest BCUT2D eigenvalue weighted by Crippen LogP contribution is -2.10. The van der Waals surface area contributed by atoms with Crippen LogP contribution in [-0.2, 0) is 9.53 Å². The molecule has 58 valence electrons. The molecular weight excluding hydrogens is 144 g/mol. The molecule has 0 unspecified atom stereocenters. The highest BCUT2D eigenvalue weighted by atomic mass is 16.5. The van der Waals surface area contributed by atoms with Crippen molar-refractivity contribution in [3.05, 3.63) is 24.4 Å². The Morgan fingerprint density at radius 2 is 2.55 bits per heavy atom. The van der Waals surface area contributed by atoms with Crippen molar-refractivity contribution in [2.24, 2.45) is 4.99 Å². The average Bonchev–Trinajstić information content (AvgIpc) is 2.14. The third-order valence-corrected chi connectivity index (χ3v) is 0.939. The lowest BCUT2D eigenvalue weighted by molar-refractivity contribution is -0.137. The largest absolute Gasteiger partial charge is 0.408 e. The molecule has 11 heavy (non-hydrogen) atoms. The molecule has 1 aliphatic rings. The first kappa shape index (κ1) is 7.53. The first-order valence-electron chi connectivity index (χ1n) is 3.12. The maximum Gasteiger partial charge on any atom is 0.309 e. The summed E-state index contributed by atoms with van der Waals surface area (Å²) < 4.78 is 4.72. The van der Waals surface area contributed by atoms with Crippen LogP contribution >= 0.6 is 0 Å². The first-order chi connectivity index (χ1) is 5.29. The van der Waals surface area contributed by atoms with Gasteiger partial charge in [-0.2, -0.15) is 0 Å². The highest BCUT2D eigenvalue weighted by Gasteiger charge is 1.98. The van der Waals surface area contributed by atoms with E-state index in [2.05, 4.69) is 10.3 Å². The molecule has 0 bridgehead atoms. The standard InChI is InChI=1S/C7H8N2O2/c1-6(10)11-7-5-8-3-2-4-9-7/h2-5,9H,1H3. The van der Waals surface area contributed by atoms with E-state index < -0.39 is 0 Å². The molecule has 0 radical (unpaired) electrons. The van der Waals surface area contributed by atoms with Crippen LogP contribution in [0.25, 0.3) is 0 Å². The molecule has 0 aromatic carbocycles. The van der Waals surface area contributed by atoms with Gasteiger partial charge in [-0.1, -0.05) is 0 Å². The zero-order valence-electron chi connectivity index (χ0n) is 6.07. The van der Waals surface area contributed by atoms with Crippen molar-refractivity contribution in [1.82, 2.24) is 5.32 Å². The maximum absolute atomic E-state index is 10.4. The Labute approximate surface area is 64.3 Å². The van der Waals surface area contributed by atoms with Gasteiger partial charge >= 0.3 is 5.97 Å². The number of hydrogen-bond acceptors (Lipinski definition) is 4. The number of esters is 1. The number of ether oxygens (including phenoxy) is 1. The molecule has 0 fully saturated rings. The number of hydrogen-bond donors (Lipinski definition) is 1. The van der Waals surface area contributed by atoms with Crippen molar-refractivity contribution < 1.29 is 9.53 Å². The van der Waals surface area contributed by atoms with Gasteiger partial charge in [-0.25, -0.2) is 0 Å². The van der Waals surface area contributed by atoms with E-state index >= 15 is 0 Å². The average molecular weight is 152 g/mol. The summed E-state index contributed by atoms with van der Waals surface area (Å²) in [6, 6.07) is 0. The Bertz CT molecular complexity index is 241. The quantitative estimate of drug-likeness (QED) is 0.558. The van der Waals surface area contributed by atoms with Crippen molar-refractivity contribution >= 4 is 12.2 Å². The Hall–Kier alpha value is -1.58. The first-order valence-corrected chi connectivity index (χ1v) is 3.12. The number of carbonyl (C=O) groups is 1. The van der Waals surface area contributed by atoms with E-state index in [4.69, 9.17) is 4.74 Å². The smallest absolute Gasteiger partial charge is 0.309 e. The highest BCUT2D eigenvalue weighted by molar-refractivity contribution is 5.72. The fourth-order valence-electron chi connectivity index (χ4n) is 0.582. The van der Waals surface area contributed by atoms with Gasteiger partial charge in [0.05, 0.1) is 6.20 Å². The second-order valence-electron chi connectivity index (χ2n) is 1.89. The molecule has 1 N–H and O–H groups in total. The van der Waals surface area contributed by atoms with E-state index in [9.17, 15) is 4.79 Å². The number of rotatable bonds is 1. The minimum absolute atomic E-state index is 0.336. The summed E-state index contributed by atoms with van der Waals surface area (Å²) in [5.74, 6) is -0.0308. The lowest BCUT2D eigenvalue weighted by atomic mass is 10.7. The van der Waals surface area contributed by atoms with E-state index in [1.807, 2.05) is 0 Å². The molecule has 0 amide bonds. The van der Waals surface area contributed by atoms with Crippen molar-refractivity contribution in [1.29, 1.82) is 0 Å². The van der Waals surface area contributed by atoms with Crippen LogP contribution in [0.1, 0.15) is 6.92 Å². The molecule has 1 heterocycles. The molecule has 4 nitrogen and oxygen atoms in total. The van der Waals surface area contributed by atoms with E-state index in [0.29, 0.717) is 5.88 Å². The minimum Gasteiger partial charge on any atom is -0.408 e. The molecule has 0 saturated heterocycles. The summed E-state index contributed by atoms with van der Waals surface area (Å²) in [6.45, 7) is 1.33. The number of allylic oxidation sites excluding steroid dienone is 1. The molecule has 0 aromatic rings. The normalized spacial score (nSPS) is 14.8. The Morgan fingerprint density at radius 1 is 1.73 bits per heavy atom. The maximum atomic E-state index is 10.4. The summed E-state index contributed by atoms with van der Waals surface area (Å²) in [7, 11) is 0. The van der Waals surface area contributed by atoms with Crippen LogP contribution in [0.4, 0.5) is 0 Å². The number of carbonyl (C=O) groups excluding carboxylic acids is 1. The van der Waals surface area contributed by atoms with Crippen LogP contribution < -0.4 is 5.32 Å². The Morgan fingerprint density at radius 3 is 3.27 bits per heavy atom. The zero-order valence-corrected chi connectivity index (χ0v) is 6.07. The molecule has 0 aliphatic carbocycles. The van der Waals surface area contributed by atoms with Crippen LogP contribution in [0.5, 0.6) is 0 Å². The van der Waals surface area contributed by atoms with E-state index in [0.717, 1.165) is 0 Å². The number of aliphatic imine (C=N–C) groups is 1. The summed E-state index contributed by atoms with van der Waals surface area (Å²) >= 11 is 0. The van der Waals surface area contributed by atoms with Gasteiger partial charge in [-0.3, -0.25) is 9.79 Å².